The first-order valence-corrected chi connectivity index (χ1v) is 10.4. The van der Waals surface area contributed by atoms with Gasteiger partial charge in [0.15, 0.2) is 0 Å². The fourth-order valence-electron chi connectivity index (χ4n) is 4.24. The number of carboxylic acid groups (broad SMARTS) is 1. The van der Waals surface area contributed by atoms with Crippen molar-refractivity contribution in [3.05, 3.63) is 95.1 Å². The molecule has 4 heteroatoms. The normalized spacial score (nSPS) is 15.1. The van der Waals surface area contributed by atoms with E-state index in [2.05, 4.69) is 19.1 Å². The summed E-state index contributed by atoms with van der Waals surface area (Å²) in [5.74, 6) is -0.779. The van der Waals surface area contributed by atoms with Gasteiger partial charge in [-0.15, -0.1) is 0 Å². The molecule has 1 atom stereocenters. The largest absolute Gasteiger partial charge is 0.478 e. The lowest BCUT2D eigenvalue weighted by Gasteiger charge is -2.26. The minimum Gasteiger partial charge on any atom is -0.478 e. The highest BCUT2D eigenvalue weighted by Crippen LogP contribution is 2.41. The third-order valence-electron chi connectivity index (χ3n) is 5.74. The summed E-state index contributed by atoms with van der Waals surface area (Å²) in [6.45, 7) is 2.63. The summed E-state index contributed by atoms with van der Waals surface area (Å²) in [6.07, 6.45) is 2.41. The minimum atomic E-state index is -0.940. The Morgan fingerprint density at radius 3 is 2.47 bits per heavy atom. The molecule has 152 valence electrons. The first-order valence-electron chi connectivity index (χ1n) is 10.4. The molecular weight excluding hydrogens is 374 g/mol. The maximum absolute atomic E-state index is 13.0. The Bertz CT molecular complexity index is 1070. The second-order valence-corrected chi connectivity index (χ2v) is 7.70. The molecule has 0 spiro atoms. The predicted molar refractivity (Wildman–Crippen MR) is 117 cm³/mol. The standard InChI is InChI=1S/C26H25NO3/c1-2-3-13-24(28)27-17-20-16-19(21-11-7-8-12-23(21)26(29)30)14-15-22(20)25(27)18-9-5-4-6-10-18/h4-12,14-16,25H,2-3,13,17H2,1H3,(H,29,30). The van der Waals surface area contributed by atoms with Gasteiger partial charge in [0.25, 0.3) is 0 Å². The summed E-state index contributed by atoms with van der Waals surface area (Å²) >= 11 is 0. The number of hydrogen-bond donors (Lipinski definition) is 1. The van der Waals surface area contributed by atoms with E-state index in [1.54, 1.807) is 12.1 Å². The van der Waals surface area contributed by atoms with Crippen LogP contribution in [0.4, 0.5) is 0 Å². The average Bonchev–Trinajstić information content (AvgIpc) is 3.17. The summed E-state index contributed by atoms with van der Waals surface area (Å²) in [7, 11) is 0. The van der Waals surface area contributed by atoms with E-state index in [0.29, 0.717) is 18.5 Å². The lowest BCUT2D eigenvalue weighted by molar-refractivity contribution is -0.133. The van der Waals surface area contributed by atoms with Crippen molar-refractivity contribution < 1.29 is 14.7 Å². The van der Waals surface area contributed by atoms with Gasteiger partial charge in [0, 0.05) is 13.0 Å². The second kappa shape index (κ2) is 8.54. The first-order chi connectivity index (χ1) is 14.6. The maximum atomic E-state index is 13.0. The molecule has 0 radical (unpaired) electrons. The molecule has 4 nitrogen and oxygen atoms in total. The number of carboxylic acids is 1. The van der Waals surface area contributed by atoms with Crippen molar-refractivity contribution in [2.24, 2.45) is 0 Å². The van der Waals surface area contributed by atoms with Gasteiger partial charge in [0.2, 0.25) is 5.91 Å². The van der Waals surface area contributed by atoms with Crippen LogP contribution in [-0.4, -0.2) is 21.9 Å². The highest BCUT2D eigenvalue weighted by molar-refractivity contribution is 5.96. The van der Waals surface area contributed by atoms with Crippen LogP contribution in [0.1, 0.15) is 59.3 Å². The summed E-state index contributed by atoms with van der Waals surface area (Å²) < 4.78 is 0. The van der Waals surface area contributed by atoms with Gasteiger partial charge in [0.05, 0.1) is 11.6 Å². The van der Waals surface area contributed by atoms with E-state index in [0.717, 1.165) is 35.1 Å². The van der Waals surface area contributed by atoms with Crippen LogP contribution in [0.5, 0.6) is 0 Å². The molecule has 1 N–H and O–H groups in total. The molecule has 3 aromatic carbocycles. The molecule has 1 aliphatic heterocycles. The van der Waals surface area contributed by atoms with Crippen molar-refractivity contribution in [3.63, 3.8) is 0 Å². The lowest BCUT2D eigenvalue weighted by Crippen LogP contribution is -2.29. The number of hydrogen-bond acceptors (Lipinski definition) is 2. The zero-order chi connectivity index (χ0) is 21.1. The molecule has 0 saturated carbocycles. The monoisotopic (exact) mass is 399 g/mol. The van der Waals surface area contributed by atoms with E-state index >= 15 is 0 Å². The highest BCUT2D eigenvalue weighted by atomic mass is 16.4. The average molecular weight is 399 g/mol. The molecule has 4 rings (SSSR count). The smallest absolute Gasteiger partial charge is 0.336 e. The fraction of sp³-hybridized carbons (Fsp3) is 0.231. The Morgan fingerprint density at radius 1 is 1.00 bits per heavy atom. The third kappa shape index (κ3) is 3.73. The fourth-order valence-corrected chi connectivity index (χ4v) is 4.24. The van der Waals surface area contributed by atoms with Gasteiger partial charge in [-0.25, -0.2) is 4.79 Å². The van der Waals surface area contributed by atoms with Crippen LogP contribution in [0, 0.1) is 0 Å². The number of nitrogens with zero attached hydrogens (tertiary/aromatic N) is 1. The van der Waals surface area contributed by atoms with Crippen LogP contribution in [-0.2, 0) is 11.3 Å². The molecule has 0 aromatic heterocycles. The number of amides is 1. The first kappa shape index (κ1) is 19.9. The van der Waals surface area contributed by atoms with Crippen molar-refractivity contribution >= 4 is 11.9 Å². The van der Waals surface area contributed by atoms with Gasteiger partial charge in [-0.05, 0) is 46.4 Å². The van der Waals surface area contributed by atoms with Crippen molar-refractivity contribution in [2.75, 3.05) is 0 Å². The molecule has 0 fully saturated rings. The molecule has 1 heterocycles. The van der Waals surface area contributed by atoms with Crippen LogP contribution in [0.3, 0.4) is 0 Å². The molecule has 1 aliphatic rings. The molecular formula is C26H25NO3. The number of rotatable bonds is 6. The Balaban J connectivity index is 1.76. The molecule has 0 saturated heterocycles. The van der Waals surface area contributed by atoms with Gasteiger partial charge in [-0.2, -0.15) is 0 Å². The van der Waals surface area contributed by atoms with E-state index in [1.165, 1.54) is 0 Å². The van der Waals surface area contributed by atoms with Gasteiger partial charge in [0.1, 0.15) is 0 Å². The van der Waals surface area contributed by atoms with Crippen LogP contribution in [0.2, 0.25) is 0 Å². The van der Waals surface area contributed by atoms with Crippen LogP contribution in [0.25, 0.3) is 11.1 Å². The highest BCUT2D eigenvalue weighted by Gasteiger charge is 2.34. The minimum absolute atomic E-state index is 0.102. The van der Waals surface area contributed by atoms with E-state index < -0.39 is 5.97 Å². The Morgan fingerprint density at radius 2 is 1.73 bits per heavy atom. The van der Waals surface area contributed by atoms with Crippen LogP contribution < -0.4 is 0 Å². The maximum Gasteiger partial charge on any atom is 0.336 e. The van der Waals surface area contributed by atoms with E-state index in [1.807, 2.05) is 53.4 Å². The zero-order valence-corrected chi connectivity index (χ0v) is 17.0. The predicted octanol–water partition coefficient (Wildman–Crippen LogP) is 5.67. The van der Waals surface area contributed by atoms with Crippen molar-refractivity contribution in [1.29, 1.82) is 0 Å². The molecule has 0 bridgehead atoms. The lowest BCUT2D eigenvalue weighted by atomic mass is 9.93. The molecule has 1 unspecified atom stereocenters. The summed E-state index contributed by atoms with van der Waals surface area (Å²) in [6, 6.07) is 23.1. The van der Waals surface area contributed by atoms with Gasteiger partial charge in [-0.3, -0.25) is 4.79 Å². The summed E-state index contributed by atoms with van der Waals surface area (Å²) in [5, 5.41) is 9.56. The Kier molecular flexibility index (Phi) is 5.66. The summed E-state index contributed by atoms with van der Waals surface area (Å²) in [4.78, 5) is 26.6. The third-order valence-corrected chi connectivity index (χ3v) is 5.74. The zero-order valence-electron chi connectivity index (χ0n) is 17.0. The van der Waals surface area contributed by atoms with Gasteiger partial charge in [-0.1, -0.05) is 74.0 Å². The molecule has 30 heavy (non-hydrogen) atoms. The van der Waals surface area contributed by atoms with E-state index in [4.69, 9.17) is 0 Å². The number of fused-ring (bicyclic) bond motifs is 1. The number of carbonyl (C=O) groups excluding carboxylic acids is 1. The van der Waals surface area contributed by atoms with E-state index in [-0.39, 0.29) is 17.5 Å². The number of carbonyl (C=O) groups is 2. The second-order valence-electron chi connectivity index (χ2n) is 7.70. The summed E-state index contributed by atoms with van der Waals surface area (Å²) in [5.41, 5.74) is 5.13. The molecule has 0 aliphatic carbocycles. The molecule has 3 aromatic rings. The number of aromatic carboxylic acids is 1. The SMILES string of the molecule is CCCCC(=O)N1Cc2cc(-c3ccccc3C(=O)O)ccc2C1c1ccccc1. The molecule has 1 amide bonds. The quantitative estimate of drug-likeness (QED) is 0.581. The topological polar surface area (TPSA) is 57.6 Å². The Hall–Kier alpha value is -3.40. The van der Waals surface area contributed by atoms with E-state index in [9.17, 15) is 14.7 Å². The Labute approximate surface area is 176 Å². The van der Waals surface area contributed by atoms with Crippen molar-refractivity contribution in [3.8, 4) is 11.1 Å². The number of unbranched alkanes of at least 4 members (excludes halogenated alkanes) is 1. The van der Waals surface area contributed by atoms with Crippen LogP contribution in [0.15, 0.2) is 72.8 Å². The van der Waals surface area contributed by atoms with Gasteiger partial charge >= 0.3 is 5.97 Å². The van der Waals surface area contributed by atoms with Crippen molar-refractivity contribution in [1.82, 2.24) is 4.90 Å². The van der Waals surface area contributed by atoms with Crippen molar-refractivity contribution in [2.45, 2.75) is 38.8 Å². The van der Waals surface area contributed by atoms with Crippen LogP contribution >= 0.6 is 0 Å². The van der Waals surface area contributed by atoms with Gasteiger partial charge < -0.3 is 10.0 Å². The number of benzene rings is 3.